The van der Waals surface area contributed by atoms with Gasteiger partial charge in [-0.2, -0.15) is 0 Å². The van der Waals surface area contributed by atoms with Crippen LogP contribution in [0.3, 0.4) is 0 Å². The summed E-state index contributed by atoms with van der Waals surface area (Å²) in [7, 11) is 1.61. The van der Waals surface area contributed by atoms with Crippen molar-refractivity contribution in [2.45, 2.75) is 0 Å². The Hall–Kier alpha value is -3.67. The third-order valence-electron chi connectivity index (χ3n) is 4.20. The standard InChI is InChI=1S/C24H25NO5/c1-27-19-11-13-21(14-12-19)28-16-15-25-24(26)22-9-5-6-10-23(22)30-18-17-29-20-7-3-2-4-8-20/h2-14H,15-18H2,1H3,(H,25,26). The van der Waals surface area contributed by atoms with Crippen molar-refractivity contribution in [1.29, 1.82) is 0 Å². The van der Waals surface area contributed by atoms with Gasteiger partial charge in [0.05, 0.1) is 19.2 Å². The van der Waals surface area contributed by atoms with Gasteiger partial charge in [0, 0.05) is 0 Å². The van der Waals surface area contributed by atoms with Crippen LogP contribution in [-0.2, 0) is 0 Å². The van der Waals surface area contributed by atoms with Crippen LogP contribution in [0.5, 0.6) is 23.0 Å². The van der Waals surface area contributed by atoms with Crippen LogP contribution >= 0.6 is 0 Å². The number of methoxy groups -OCH3 is 1. The molecule has 0 saturated heterocycles. The molecule has 0 bridgehead atoms. The van der Waals surface area contributed by atoms with Crippen LogP contribution in [0.2, 0.25) is 0 Å². The molecule has 0 aliphatic heterocycles. The first-order valence-electron chi connectivity index (χ1n) is 9.71. The number of para-hydroxylation sites is 2. The SMILES string of the molecule is COc1ccc(OCCNC(=O)c2ccccc2OCCOc2ccccc2)cc1. The molecule has 0 aliphatic rings. The average Bonchev–Trinajstić information content (AvgIpc) is 2.81. The Morgan fingerprint density at radius 3 is 2.07 bits per heavy atom. The van der Waals surface area contributed by atoms with E-state index in [1.165, 1.54) is 0 Å². The van der Waals surface area contributed by atoms with E-state index in [0.717, 1.165) is 11.5 Å². The highest BCUT2D eigenvalue weighted by Gasteiger charge is 2.11. The third kappa shape index (κ3) is 6.44. The summed E-state index contributed by atoms with van der Waals surface area (Å²) in [4.78, 5) is 12.5. The summed E-state index contributed by atoms with van der Waals surface area (Å²) in [6.07, 6.45) is 0. The number of carbonyl (C=O) groups is 1. The fourth-order valence-electron chi connectivity index (χ4n) is 2.71. The quantitative estimate of drug-likeness (QED) is 0.488. The second-order valence-electron chi connectivity index (χ2n) is 6.29. The number of benzene rings is 3. The molecule has 0 atom stereocenters. The number of hydrogen-bond donors (Lipinski definition) is 1. The Kier molecular flexibility index (Phi) is 7.97. The van der Waals surface area contributed by atoms with Gasteiger partial charge >= 0.3 is 0 Å². The summed E-state index contributed by atoms with van der Waals surface area (Å²) in [6.45, 7) is 1.44. The molecule has 0 unspecified atom stereocenters. The van der Waals surface area contributed by atoms with Gasteiger partial charge in [0.15, 0.2) is 0 Å². The van der Waals surface area contributed by atoms with Gasteiger partial charge in [-0.25, -0.2) is 0 Å². The van der Waals surface area contributed by atoms with Crippen molar-refractivity contribution >= 4 is 5.91 Å². The minimum absolute atomic E-state index is 0.215. The van der Waals surface area contributed by atoms with Crippen LogP contribution < -0.4 is 24.3 Å². The van der Waals surface area contributed by atoms with Gasteiger partial charge in [0.1, 0.15) is 42.8 Å². The Bertz CT molecular complexity index is 912. The molecule has 1 amide bonds. The van der Waals surface area contributed by atoms with Crippen molar-refractivity contribution < 1.29 is 23.7 Å². The molecule has 0 aliphatic carbocycles. The fraction of sp³-hybridized carbons (Fsp3) is 0.208. The Labute approximate surface area is 176 Å². The van der Waals surface area contributed by atoms with Gasteiger partial charge in [0.2, 0.25) is 0 Å². The van der Waals surface area contributed by atoms with E-state index >= 15 is 0 Å². The maximum Gasteiger partial charge on any atom is 0.255 e. The molecule has 0 radical (unpaired) electrons. The maximum atomic E-state index is 12.5. The lowest BCUT2D eigenvalue weighted by Crippen LogP contribution is -2.28. The minimum atomic E-state index is -0.215. The normalized spacial score (nSPS) is 10.2. The van der Waals surface area contributed by atoms with E-state index in [2.05, 4.69) is 5.32 Å². The van der Waals surface area contributed by atoms with Crippen molar-refractivity contribution in [2.24, 2.45) is 0 Å². The predicted molar refractivity (Wildman–Crippen MR) is 115 cm³/mol. The summed E-state index contributed by atoms with van der Waals surface area (Å²) in [6, 6.07) is 23.9. The summed E-state index contributed by atoms with van der Waals surface area (Å²) >= 11 is 0. The van der Waals surface area contributed by atoms with Crippen molar-refractivity contribution in [1.82, 2.24) is 5.32 Å². The minimum Gasteiger partial charge on any atom is -0.497 e. The van der Waals surface area contributed by atoms with Crippen molar-refractivity contribution in [3.8, 4) is 23.0 Å². The lowest BCUT2D eigenvalue weighted by molar-refractivity contribution is 0.0941. The number of rotatable bonds is 11. The first-order valence-corrected chi connectivity index (χ1v) is 9.71. The van der Waals surface area contributed by atoms with Gasteiger partial charge in [-0.05, 0) is 48.5 Å². The van der Waals surface area contributed by atoms with Crippen LogP contribution in [0.4, 0.5) is 0 Å². The van der Waals surface area contributed by atoms with Gasteiger partial charge in [-0.15, -0.1) is 0 Å². The number of nitrogens with one attached hydrogen (secondary N) is 1. The molecule has 0 saturated carbocycles. The molecule has 30 heavy (non-hydrogen) atoms. The molecule has 6 heteroatoms. The molecule has 0 spiro atoms. The molecule has 1 N–H and O–H groups in total. The molecule has 0 heterocycles. The molecule has 3 aromatic rings. The van der Waals surface area contributed by atoms with Crippen molar-refractivity contribution in [2.75, 3.05) is 33.5 Å². The summed E-state index contributed by atoms with van der Waals surface area (Å²) in [5.41, 5.74) is 0.474. The zero-order valence-electron chi connectivity index (χ0n) is 16.9. The lowest BCUT2D eigenvalue weighted by atomic mass is 10.2. The highest BCUT2D eigenvalue weighted by molar-refractivity contribution is 5.96. The Balaban J connectivity index is 1.42. The Morgan fingerprint density at radius 1 is 0.700 bits per heavy atom. The van der Waals surface area contributed by atoms with Gasteiger partial charge in [0.25, 0.3) is 5.91 Å². The van der Waals surface area contributed by atoms with E-state index in [-0.39, 0.29) is 5.91 Å². The summed E-state index contributed by atoms with van der Waals surface area (Å²) in [5, 5.41) is 2.85. The number of ether oxygens (including phenoxy) is 4. The van der Waals surface area contributed by atoms with Crippen LogP contribution in [0.25, 0.3) is 0 Å². The third-order valence-corrected chi connectivity index (χ3v) is 4.20. The Morgan fingerprint density at radius 2 is 1.30 bits per heavy atom. The molecule has 6 nitrogen and oxygen atoms in total. The number of hydrogen-bond acceptors (Lipinski definition) is 5. The van der Waals surface area contributed by atoms with Crippen molar-refractivity contribution in [3.63, 3.8) is 0 Å². The first-order chi connectivity index (χ1) is 14.8. The molecule has 0 fully saturated rings. The molecule has 156 valence electrons. The van der Waals surface area contributed by atoms with Gasteiger partial charge in [-0.3, -0.25) is 4.79 Å². The zero-order chi connectivity index (χ0) is 21.0. The number of amides is 1. The molecular weight excluding hydrogens is 382 g/mol. The van der Waals surface area contributed by atoms with E-state index in [0.29, 0.717) is 43.4 Å². The molecular formula is C24H25NO5. The number of carbonyl (C=O) groups excluding carboxylic acids is 1. The van der Waals surface area contributed by atoms with E-state index in [1.54, 1.807) is 25.3 Å². The fourth-order valence-corrected chi connectivity index (χ4v) is 2.71. The summed E-state index contributed by atoms with van der Waals surface area (Å²) in [5.74, 6) is 2.56. The monoisotopic (exact) mass is 407 g/mol. The highest BCUT2D eigenvalue weighted by Crippen LogP contribution is 2.19. The smallest absolute Gasteiger partial charge is 0.255 e. The van der Waals surface area contributed by atoms with Crippen LogP contribution in [0.1, 0.15) is 10.4 Å². The first kappa shape index (κ1) is 21.0. The zero-order valence-corrected chi connectivity index (χ0v) is 16.9. The summed E-state index contributed by atoms with van der Waals surface area (Å²) < 4.78 is 22.1. The van der Waals surface area contributed by atoms with Crippen LogP contribution in [-0.4, -0.2) is 39.4 Å². The topological polar surface area (TPSA) is 66.0 Å². The lowest BCUT2D eigenvalue weighted by Gasteiger charge is -2.13. The van der Waals surface area contributed by atoms with Gasteiger partial charge < -0.3 is 24.3 Å². The van der Waals surface area contributed by atoms with Crippen LogP contribution in [0.15, 0.2) is 78.9 Å². The molecule has 3 rings (SSSR count). The average molecular weight is 407 g/mol. The molecule has 3 aromatic carbocycles. The molecule has 0 aromatic heterocycles. The van der Waals surface area contributed by atoms with E-state index in [1.807, 2.05) is 60.7 Å². The largest absolute Gasteiger partial charge is 0.497 e. The van der Waals surface area contributed by atoms with Crippen molar-refractivity contribution in [3.05, 3.63) is 84.4 Å². The maximum absolute atomic E-state index is 12.5. The van der Waals surface area contributed by atoms with E-state index < -0.39 is 0 Å². The van der Waals surface area contributed by atoms with E-state index in [9.17, 15) is 4.79 Å². The van der Waals surface area contributed by atoms with E-state index in [4.69, 9.17) is 18.9 Å². The van der Waals surface area contributed by atoms with Crippen LogP contribution in [0, 0.1) is 0 Å². The second-order valence-corrected chi connectivity index (χ2v) is 6.29. The van der Waals surface area contributed by atoms with Gasteiger partial charge in [-0.1, -0.05) is 30.3 Å². The highest BCUT2D eigenvalue weighted by atomic mass is 16.5. The predicted octanol–water partition coefficient (Wildman–Crippen LogP) is 3.96. The second kappa shape index (κ2) is 11.4.